The molecular formula is C25H22ClF3N6O2S. The molecule has 38 heavy (non-hydrogen) atoms. The molecule has 1 fully saturated rings. The van der Waals surface area contributed by atoms with Crippen molar-refractivity contribution in [1.82, 2.24) is 24.8 Å². The molecule has 0 spiro atoms. The third kappa shape index (κ3) is 5.46. The minimum Gasteiger partial charge on any atom is -0.485 e. The summed E-state index contributed by atoms with van der Waals surface area (Å²) in [5, 5.41) is 5.57. The van der Waals surface area contributed by atoms with Gasteiger partial charge in [-0.3, -0.25) is 4.79 Å². The third-order valence-electron chi connectivity index (χ3n) is 6.31. The lowest BCUT2D eigenvalue weighted by Crippen LogP contribution is -2.36. The Morgan fingerprint density at radius 1 is 1.32 bits per heavy atom. The number of likely N-dealkylation sites (tertiary alicyclic amines) is 1. The normalized spacial score (nSPS) is 14.6. The van der Waals surface area contributed by atoms with Gasteiger partial charge >= 0.3 is 6.18 Å². The van der Waals surface area contributed by atoms with Gasteiger partial charge in [0.25, 0.3) is 0 Å². The van der Waals surface area contributed by atoms with Gasteiger partial charge < -0.3 is 19.9 Å². The Morgan fingerprint density at radius 3 is 2.79 bits per heavy atom. The van der Waals surface area contributed by atoms with Crippen molar-refractivity contribution in [3.8, 4) is 5.75 Å². The number of carbonyl (C=O) groups excluding carboxylic acids is 1. The van der Waals surface area contributed by atoms with Crippen LogP contribution in [0.25, 0.3) is 11.0 Å². The summed E-state index contributed by atoms with van der Waals surface area (Å²) in [5.41, 5.74) is 1.47. The highest BCUT2D eigenvalue weighted by molar-refractivity contribution is 7.09. The maximum Gasteiger partial charge on any atom is 0.434 e. The second kappa shape index (κ2) is 10.6. The van der Waals surface area contributed by atoms with E-state index in [0.717, 1.165) is 40.5 Å². The van der Waals surface area contributed by atoms with E-state index in [1.54, 1.807) is 23.1 Å². The number of ether oxygens (including phenoxy) is 1. The highest BCUT2D eigenvalue weighted by atomic mass is 35.5. The van der Waals surface area contributed by atoms with E-state index in [0.29, 0.717) is 36.0 Å². The smallest absolute Gasteiger partial charge is 0.434 e. The van der Waals surface area contributed by atoms with Crippen molar-refractivity contribution in [3.05, 3.63) is 70.0 Å². The summed E-state index contributed by atoms with van der Waals surface area (Å²) in [6, 6.07) is 5.02. The van der Waals surface area contributed by atoms with Crippen molar-refractivity contribution in [1.29, 1.82) is 0 Å². The van der Waals surface area contributed by atoms with Gasteiger partial charge in [0.05, 0.1) is 10.4 Å². The molecule has 13 heteroatoms. The number of hydrogen-bond donors (Lipinski definition) is 2. The number of fused-ring (bicyclic) bond motifs is 1. The fraction of sp³-hybridized carbons (Fsp3) is 0.280. The van der Waals surface area contributed by atoms with Crippen LogP contribution in [0, 0.1) is 0 Å². The van der Waals surface area contributed by atoms with E-state index in [2.05, 4.69) is 31.8 Å². The van der Waals surface area contributed by atoms with Crippen LogP contribution in [-0.2, 0) is 17.6 Å². The number of halogens is 4. The summed E-state index contributed by atoms with van der Waals surface area (Å²) in [7, 11) is 0. The molecule has 1 saturated heterocycles. The molecule has 1 aliphatic rings. The molecule has 3 aromatic heterocycles. The van der Waals surface area contributed by atoms with E-state index in [4.69, 9.17) is 16.3 Å². The highest BCUT2D eigenvalue weighted by Gasteiger charge is 2.33. The summed E-state index contributed by atoms with van der Waals surface area (Å²) in [5.74, 6) is 1.09. The lowest BCUT2D eigenvalue weighted by atomic mass is 9.89. The zero-order valence-electron chi connectivity index (χ0n) is 19.9. The molecule has 0 aliphatic carbocycles. The molecule has 1 aromatic carbocycles. The van der Waals surface area contributed by atoms with Gasteiger partial charge in [0, 0.05) is 30.4 Å². The molecule has 0 unspecified atom stereocenters. The van der Waals surface area contributed by atoms with Crippen molar-refractivity contribution in [2.75, 3.05) is 18.4 Å². The van der Waals surface area contributed by atoms with Crippen LogP contribution in [-0.4, -0.2) is 43.8 Å². The second-order valence-corrected chi connectivity index (χ2v) is 10.0. The lowest BCUT2D eigenvalue weighted by Gasteiger charge is -2.31. The molecule has 1 aliphatic heterocycles. The van der Waals surface area contributed by atoms with Crippen LogP contribution in [0.1, 0.15) is 35.0 Å². The molecular weight excluding hydrogens is 541 g/mol. The number of benzene rings is 1. The average molecular weight is 563 g/mol. The highest BCUT2D eigenvalue weighted by Crippen LogP contribution is 2.37. The van der Waals surface area contributed by atoms with Crippen LogP contribution in [0.15, 0.2) is 48.8 Å². The molecule has 1 amide bonds. The zero-order valence-corrected chi connectivity index (χ0v) is 21.5. The van der Waals surface area contributed by atoms with E-state index < -0.39 is 11.9 Å². The molecule has 198 valence electrons. The molecule has 4 heterocycles. The number of rotatable bonds is 7. The Balaban J connectivity index is 1.30. The Hall–Kier alpha value is -3.64. The van der Waals surface area contributed by atoms with Gasteiger partial charge in [-0.2, -0.15) is 13.2 Å². The van der Waals surface area contributed by atoms with Crippen molar-refractivity contribution < 1.29 is 22.7 Å². The van der Waals surface area contributed by atoms with Gasteiger partial charge in [-0.1, -0.05) is 18.2 Å². The minimum atomic E-state index is -4.49. The monoisotopic (exact) mass is 562 g/mol. The molecule has 8 nitrogen and oxygen atoms in total. The molecule has 5 rings (SSSR count). The van der Waals surface area contributed by atoms with Crippen LogP contribution in [0.3, 0.4) is 0 Å². The number of alkyl halides is 3. The van der Waals surface area contributed by atoms with Crippen molar-refractivity contribution >= 4 is 51.4 Å². The molecule has 2 N–H and O–H groups in total. The summed E-state index contributed by atoms with van der Waals surface area (Å²) < 4.78 is 43.9. The van der Waals surface area contributed by atoms with Crippen molar-refractivity contribution in [2.45, 2.75) is 31.5 Å². The topological polar surface area (TPSA) is 96.0 Å². The van der Waals surface area contributed by atoms with E-state index in [-0.39, 0.29) is 28.5 Å². The fourth-order valence-corrected chi connectivity index (χ4v) is 5.37. The van der Waals surface area contributed by atoms with Gasteiger partial charge in [-0.05, 0) is 48.6 Å². The third-order valence-corrected chi connectivity index (χ3v) is 7.43. The number of hydrogen-bond acceptors (Lipinski definition) is 7. The average Bonchev–Trinajstić information content (AvgIpc) is 3.56. The number of aromatic nitrogens is 4. The zero-order chi connectivity index (χ0) is 26.9. The van der Waals surface area contributed by atoms with E-state index >= 15 is 0 Å². The molecule has 0 atom stereocenters. The van der Waals surface area contributed by atoms with Gasteiger partial charge in [0.2, 0.25) is 5.91 Å². The quantitative estimate of drug-likeness (QED) is 0.257. The number of piperidine rings is 1. The maximum absolute atomic E-state index is 12.8. The minimum absolute atomic E-state index is 0.0601. The Labute approximate surface area is 224 Å². The summed E-state index contributed by atoms with van der Waals surface area (Å²) in [6.07, 6.45) is 1.86. The van der Waals surface area contributed by atoms with Gasteiger partial charge in [0.15, 0.2) is 5.69 Å². The summed E-state index contributed by atoms with van der Waals surface area (Å²) in [4.78, 5) is 29.3. The number of nitrogens with zero attached hydrogens (tertiary/aromatic N) is 4. The first-order chi connectivity index (χ1) is 18.2. The van der Waals surface area contributed by atoms with Gasteiger partial charge in [0.1, 0.15) is 35.2 Å². The van der Waals surface area contributed by atoms with Crippen molar-refractivity contribution in [3.63, 3.8) is 0 Å². The summed E-state index contributed by atoms with van der Waals surface area (Å²) >= 11 is 7.27. The molecule has 4 aromatic rings. The Morgan fingerprint density at radius 2 is 2.11 bits per heavy atom. The Kier molecular flexibility index (Phi) is 7.26. The van der Waals surface area contributed by atoms with Gasteiger partial charge in [-0.25, -0.2) is 15.0 Å². The number of nitrogens with one attached hydrogen (secondary N) is 2. The fourth-order valence-electron chi connectivity index (χ4n) is 4.42. The van der Waals surface area contributed by atoms with Crippen LogP contribution in [0.2, 0.25) is 5.02 Å². The van der Waals surface area contributed by atoms with Crippen LogP contribution < -0.4 is 10.1 Å². The van der Waals surface area contributed by atoms with E-state index in [1.807, 2.05) is 6.20 Å². The summed E-state index contributed by atoms with van der Waals surface area (Å²) in [6.45, 7) is 4.72. The van der Waals surface area contributed by atoms with Gasteiger partial charge in [-0.15, -0.1) is 11.3 Å². The second-order valence-electron chi connectivity index (χ2n) is 8.68. The largest absolute Gasteiger partial charge is 0.485 e. The predicted molar refractivity (Wildman–Crippen MR) is 139 cm³/mol. The number of thiazole rings is 1. The first kappa shape index (κ1) is 26.0. The molecule has 0 saturated carbocycles. The van der Waals surface area contributed by atoms with Crippen LogP contribution in [0.5, 0.6) is 5.75 Å². The SMILES string of the molecule is C=CC(=O)N1CCC(c2c[nH]c3ncnc(Nc4ccc(OCc5nc(C(F)(F)F)cs5)c(Cl)c4)c23)CC1. The van der Waals surface area contributed by atoms with Crippen molar-refractivity contribution in [2.24, 2.45) is 0 Å². The number of anilines is 2. The number of amides is 1. The van der Waals surface area contributed by atoms with Crippen LogP contribution >= 0.6 is 22.9 Å². The number of carbonyl (C=O) groups is 1. The predicted octanol–water partition coefficient (Wildman–Crippen LogP) is 6.30. The molecule has 0 radical (unpaired) electrons. The molecule has 0 bridgehead atoms. The number of H-pyrrole nitrogens is 1. The van der Waals surface area contributed by atoms with Crippen LogP contribution in [0.4, 0.5) is 24.7 Å². The maximum atomic E-state index is 12.8. The lowest BCUT2D eigenvalue weighted by molar-refractivity contribution is -0.140. The number of aromatic amines is 1. The first-order valence-electron chi connectivity index (χ1n) is 11.7. The Bertz CT molecular complexity index is 1480. The van der Waals surface area contributed by atoms with E-state index in [9.17, 15) is 18.0 Å². The van der Waals surface area contributed by atoms with E-state index in [1.165, 1.54) is 12.4 Å². The standard InChI is InChI=1S/C25H22ClF3N6O2S/c1-2-21(36)35-7-5-14(6-8-35)16-10-30-23-22(16)24(32-13-31-23)33-15-3-4-18(17(26)9-15)37-11-20-34-19(12-38-20)25(27,28)29/h2-4,9-10,12-14H,1,5-8,11H2,(H2,30,31,32,33). The first-order valence-corrected chi connectivity index (χ1v) is 12.9.